The minimum atomic E-state index is -4.16. The molecule has 2 aromatic heterocycles. The van der Waals surface area contributed by atoms with Gasteiger partial charge in [0.1, 0.15) is 5.82 Å². The average molecular weight is 338 g/mol. The molecule has 1 atom stereocenters. The fraction of sp³-hybridized carbons (Fsp3) is 0.438. The van der Waals surface area contributed by atoms with Gasteiger partial charge in [-0.1, -0.05) is 0 Å². The van der Waals surface area contributed by atoms with Crippen LogP contribution in [0, 0.1) is 5.92 Å². The first-order chi connectivity index (χ1) is 11.4. The molecule has 1 N–H and O–H groups in total. The quantitative estimate of drug-likeness (QED) is 0.927. The summed E-state index contributed by atoms with van der Waals surface area (Å²) in [5.74, 6) is 0.192. The van der Waals surface area contributed by atoms with Crippen LogP contribution < -0.4 is 4.90 Å². The molecule has 0 spiro atoms. The average Bonchev–Trinajstić information content (AvgIpc) is 3.03. The van der Waals surface area contributed by atoms with Crippen LogP contribution in [-0.4, -0.2) is 33.8 Å². The first-order valence-corrected chi connectivity index (χ1v) is 7.75. The highest BCUT2D eigenvalue weighted by molar-refractivity contribution is 5.93. The first kappa shape index (κ1) is 16.5. The number of carbonyl (C=O) groups excluding carboxylic acids is 1. The summed E-state index contributed by atoms with van der Waals surface area (Å²) < 4.78 is 36.9. The molecule has 0 radical (unpaired) electrons. The van der Waals surface area contributed by atoms with Crippen LogP contribution in [0.15, 0.2) is 30.6 Å². The lowest BCUT2D eigenvalue weighted by molar-refractivity contribution is -0.139. The molecular formula is C16H17F3N4O. The molecule has 8 heteroatoms. The molecule has 128 valence electrons. The van der Waals surface area contributed by atoms with Gasteiger partial charge in [0.2, 0.25) is 5.91 Å². The number of piperidine rings is 1. The number of nitrogens with zero attached hydrogens (tertiary/aromatic N) is 3. The predicted octanol–water partition coefficient (Wildman–Crippen LogP) is 3.56. The number of alkyl halides is 3. The molecule has 2 aromatic rings. The fourth-order valence-electron chi connectivity index (χ4n) is 2.88. The number of halogens is 3. The topological polar surface area (TPSA) is 61.9 Å². The van der Waals surface area contributed by atoms with Gasteiger partial charge in [-0.05, 0) is 30.9 Å². The van der Waals surface area contributed by atoms with Crippen molar-refractivity contribution in [2.24, 2.45) is 5.92 Å². The van der Waals surface area contributed by atoms with Gasteiger partial charge in [-0.25, -0.2) is 0 Å². The summed E-state index contributed by atoms with van der Waals surface area (Å²) in [5.41, 5.74) is 1.57. The lowest BCUT2D eigenvalue weighted by Crippen LogP contribution is -2.39. The van der Waals surface area contributed by atoms with E-state index in [4.69, 9.17) is 0 Å². The van der Waals surface area contributed by atoms with Crippen LogP contribution in [0.1, 0.15) is 25.7 Å². The van der Waals surface area contributed by atoms with Crippen LogP contribution in [-0.2, 0) is 4.79 Å². The van der Waals surface area contributed by atoms with Crippen molar-refractivity contribution < 1.29 is 18.0 Å². The van der Waals surface area contributed by atoms with E-state index in [1.807, 2.05) is 12.1 Å². The first-order valence-electron chi connectivity index (χ1n) is 7.75. The van der Waals surface area contributed by atoms with Crippen molar-refractivity contribution in [2.45, 2.75) is 31.9 Å². The molecule has 0 saturated carbocycles. The van der Waals surface area contributed by atoms with Crippen molar-refractivity contribution in [2.75, 3.05) is 11.4 Å². The summed E-state index contributed by atoms with van der Waals surface area (Å²) in [6.07, 6.45) is -0.981. The van der Waals surface area contributed by atoms with Crippen molar-refractivity contribution in [1.82, 2.24) is 15.2 Å². The Hall–Kier alpha value is -2.38. The highest BCUT2D eigenvalue weighted by atomic mass is 19.4. The molecule has 1 aliphatic heterocycles. The van der Waals surface area contributed by atoms with E-state index in [9.17, 15) is 18.0 Å². The summed E-state index contributed by atoms with van der Waals surface area (Å²) >= 11 is 0. The van der Waals surface area contributed by atoms with Gasteiger partial charge in [0.25, 0.3) is 0 Å². The lowest BCUT2D eigenvalue weighted by atomic mass is 9.91. The maximum atomic E-state index is 12.3. The monoisotopic (exact) mass is 338 g/mol. The van der Waals surface area contributed by atoms with Crippen LogP contribution in [0.3, 0.4) is 0 Å². The van der Waals surface area contributed by atoms with Crippen LogP contribution in [0.25, 0.3) is 11.3 Å². The highest BCUT2D eigenvalue weighted by Gasteiger charge is 2.32. The number of hydrogen-bond acceptors (Lipinski definition) is 3. The van der Waals surface area contributed by atoms with Gasteiger partial charge in [0, 0.05) is 43.4 Å². The smallest absolute Gasteiger partial charge is 0.297 e. The zero-order chi connectivity index (χ0) is 17.2. The zero-order valence-electron chi connectivity index (χ0n) is 12.9. The standard InChI is InChI=1S/C16H17F3N4O/c17-16(18,19)5-1-11-4-8-23(15(24)9-11)14-10-13(21-22-14)12-2-6-20-7-3-12/h2-3,6-7,10-11H,1,4-5,8-9H2,(H,21,22). The summed E-state index contributed by atoms with van der Waals surface area (Å²) in [6.45, 7) is 0.402. The third kappa shape index (κ3) is 3.93. The number of aromatic nitrogens is 3. The minimum absolute atomic E-state index is 0.00826. The van der Waals surface area contributed by atoms with E-state index >= 15 is 0 Å². The summed E-state index contributed by atoms with van der Waals surface area (Å²) in [6, 6.07) is 5.39. The SMILES string of the molecule is O=C1CC(CCC(F)(F)F)CCN1c1cc(-c2ccncc2)n[nH]1. The third-order valence-electron chi connectivity index (χ3n) is 4.19. The molecule has 1 fully saturated rings. The number of nitrogens with one attached hydrogen (secondary N) is 1. The number of amides is 1. The Kier molecular flexibility index (Phi) is 4.55. The van der Waals surface area contributed by atoms with E-state index in [1.165, 1.54) is 0 Å². The van der Waals surface area contributed by atoms with Gasteiger partial charge >= 0.3 is 6.18 Å². The fourth-order valence-corrected chi connectivity index (χ4v) is 2.88. The van der Waals surface area contributed by atoms with Crippen LogP contribution >= 0.6 is 0 Å². The predicted molar refractivity (Wildman–Crippen MR) is 82.2 cm³/mol. The Bertz CT molecular complexity index is 699. The van der Waals surface area contributed by atoms with E-state index in [0.29, 0.717) is 24.5 Å². The second-order valence-corrected chi connectivity index (χ2v) is 5.93. The molecule has 1 unspecified atom stereocenters. The number of H-pyrrole nitrogens is 1. The minimum Gasteiger partial charge on any atom is -0.297 e. The molecule has 0 aromatic carbocycles. The highest BCUT2D eigenvalue weighted by Crippen LogP contribution is 2.31. The van der Waals surface area contributed by atoms with Crippen molar-refractivity contribution in [3.8, 4) is 11.3 Å². The van der Waals surface area contributed by atoms with Gasteiger partial charge in [0.05, 0.1) is 5.69 Å². The Morgan fingerprint density at radius 3 is 2.71 bits per heavy atom. The maximum absolute atomic E-state index is 12.3. The second kappa shape index (κ2) is 6.62. The molecule has 3 rings (SSSR count). The number of pyridine rings is 1. The van der Waals surface area contributed by atoms with Gasteiger partial charge in [-0.3, -0.25) is 19.8 Å². The molecule has 0 aliphatic carbocycles. The molecule has 0 bridgehead atoms. The molecule has 1 saturated heterocycles. The normalized spacial score (nSPS) is 18.9. The number of carbonyl (C=O) groups is 1. The molecule has 24 heavy (non-hydrogen) atoms. The molecular weight excluding hydrogens is 321 g/mol. The number of anilines is 1. The lowest BCUT2D eigenvalue weighted by Gasteiger charge is -2.30. The van der Waals surface area contributed by atoms with E-state index in [1.54, 1.807) is 23.4 Å². The van der Waals surface area contributed by atoms with Gasteiger partial charge < -0.3 is 0 Å². The largest absolute Gasteiger partial charge is 0.389 e. The molecule has 1 aliphatic rings. The molecule has 5 nitrogen and oxygen atoms in total. The van der Waals surface area contributed by atoms with E-state index in [-0.39, 0.29) is 24.7 Å². The Morgan fingerprint density at radius 2 is 2.04 bits per heavy atom. The Balaban J connectivity index is 1.63. The third-order valence-corrected chi connectivity index (χ3v) is 4.19. The van der Waals surface area contributed by atoms with E-state index in [0.717, 1.165) is 5.56 Å². The van der Waals surface area contributed by atoms with Gasteiger partial charge in [-0.15, -0.1) is 0 Å². The zero-order valence-corrected chi connectivity index (χ0v) is 12.9. The molecule has 1 amide bonds. The molecule has 3 heterocycles. The summed E-state index contributed by atoms with van der Waals surface area (Å²) in [4.78, 5) is 17.8. The van der Waals surface area contributed by atoms with Crippen LogP contribution in [0.5, 0.6) is 0 Å². The van der Waals surface area contributed by atoms with Crippen molar-refractivity contribution >= 4 is 11.7 Å². The van der Waals surface area contributed by atoms with Gasteiger partial charge in [0.15, 0.2) is 0 Å². The van der Waals surface area contributed by atoms with E-state index < -0.39 is 12.6 Å². The number of hydrogen-bond donors (Lipinski definition) is 1. The maximum Gasteiger partial charge on any atom is 0.389 e. The number of rotatable bonds is 4. The van der Waals surface area contributed by atoms with Crippen LogP contribution in [0.2, 0.25) is 0 Å². The Labute approximate surface area is 136 Å². The number of aromatic amines is 1. The van der Waals surface area contributed by atoms with Crippen molar-refractivity contribution in [1.29, 1.82) is 0 Å². The Morgan fingerprint density at radius 1 is 1.29 bits per heavy atom. The van der Waals surface area contributed by atoms with Crippen molar-refractivity contribution in [3.05, 3.63) is 30.6 Å². The van der Waals surface area contributed by atoms with Crippen molar-refractivity contribution in [3.63, 3.8) is 0 Å². The summed E-state index contributed by atoms with van der Waals surface area (Å²) in [5, 5.41) is 7.02. The van der Waals surface area contributed by atoms with E-state index in [2.05, 4.69) is 15.2 Å². The van der Waals surface area contributed by atoms with Crippen LogP contribution in [0.4, 0.5) is 19.0 Å². The second-order valence-electron chi connectivity index (χ2n) is 5.93. The van der Waals surface area contributed by atoms with Gasteiger partial charge in [-0.2, -0.15) is 18.3 Å². The summed E-state index contributed by atoms with van der Waals surface area (Å²) in [7, 11) is 0.